The highest BCUT2D eigenvalue weighted by atomic mass is 79.9. The number of phenolic OH excluding ortho intramolecular Hbond substituents is 1. The zero-order chi connectivity index (χ0) is 18.3. The van der Waals surface area contributed by atoms with Crippen molar-refractivity contribution >= 4 is 66.1 Å². The lowest BCUT2D eigenvalue weighted by Crippen LogP contribution is -1.99. The minimum Gasteiger partial charge on any atom is -0.506 e. The van der Waals surface area contributed by atoms with Crippen LogP contribution in [0.15, 0.2) is 44.4 Å². The van der Waals surface area contributed by atoms with E-state index in [1.807, 2.05) is 25.1 Å². The number of aryl methyl sites for hydroxylation is 1. The average molecular weight is 476 g/mol. The molecule has 7 nitrogen and oxygen atoms in total. The van der Waals surface area contributed by atoms with Crippen LogP contribution in [0, 0.1) is 6.92 Å². The van der Waals surface area contributed by atoms with E-state index >= 15 is 0 Å². The molecule has 26 heavy (non-hydrogen) atoms. The molecule has 0 radical (unpaired) electrons. The number of H-pyrrole nitrogens is 1. The second-order valence-corrected chi connectivity index (χ2v) is 7.42. The fraction of sp³-hybridized carbons (Fsp3) is 0.0588. The SMILES string of the molecule is Cc1cccc2c1[nH]c1nc(NN=Cc3cc(Br)cc(Br)c3O)nnc12. The minimum atomic E-state index is 0.0966. The Labute approximate surface area is 164 Å². The molecule has 4 aromatic rings. The van der Waals surface area contributed by atoms with E-state index < -0.39 is 0 Å². The van der Waals surface area contributed by atoms with Crippen molar-refractivity contribution in [2.45, 2.75) is 6.92 Å². The van der Waals surface area contributed by atoms with Gasteiger partial charge in [0.2, 0.25) is 0 Å². The van der Waals surface area contributed by atoms with E-state index in [2.05, 4.69) is 62.6 Å². The van der Waals surface area contributed by atoms with Crippen LogP contribution in [0.3, 0.4) is 0 Å². The Morgan fingerprint density at radius 3 is 2.92 bits per heavy atom. The summed E-state index contributed by atoms with van der Waals surface area (Å²) in [6.45, 7) is 2.02. The van der Waals surface area contributed by atoms with Gasteiger partial charge in [0.15, 0.2) is 5.65 Å². The number of para-hydroxylation sites is 1. The number of phenols is 1. The van der Waals surface area contributed by atoms with Crippen LogP contribution in [-0.2, 0) is 0 Å². The quantitative estimate of drug-likeness (QED) is 0.299. The van der Waals surface area contributed by atoms with Crippen molar-refractivity contribution < 1.29 is 5.11 Å². The third-order valence-electron chi connectivity index (χ3n) is 3.88. The highest BCUT2D eigenvalue weighted by Gasteiger charge is 2.10. The lowest BCUT2D eigenvalue weighted by Gasteiger charge is -2.03. The van der Waals surface area contributed by atoms with E-state index in [9.17, 15) is 5.11 Å². The number of halogens is 2. The van der Waals surface area contributed by atoms with Gasteiger partial charge in [0.05, 0.1) is 16.2 Å². The monoisotopic (exact) mass is 474 g/mol. The molecule has 0 aliphatic rings. The van der Waals surface area contributed by atoms with Crippen LogP contribution in [0.4, 0.5) is 5.95 Å². The summed E-state index contributed by atoms with van der Waals surface area (Å²) in [7, 11) is 0. The second kappa shape index (κ2) is 6.65. The summed E-state index contributed by atoms with van der Waals surface area (Å²) in [6.07, 6.45) is 1.48. The first kappa shape index (κ1) is 16.9. The first-order chi connectivity index (χ1) is 12.5. The van der Waals surface area contributed by atoms with Crippen LogP contribution in [0.1, 0.15) is 11.1 Å². The van der Waals surface area contributed by atoms with E-state index in [-0.39, 0.29) is 11.7 Å². The van der Waals surface area contributed by atoms with Gasteiger partial charge in [0.1, 0.15) is 11.3 Å². The number of hydrogen-bond acceptors (Lipinski definition) is 6. The molecule has 0 aliphatic carbocycles. The summed E-state index contributed by atoms with van der Waals surface area (Å²) in [5.74, 6) is 0.353. The van der Waals surface area contributed by atoms with Gasteiger partial charge in [-0.25, -0.2) is 5.43 Å². The van der Waals surface area contributed by atoms with Crippen LogP contribution in [-0.4, -0.2) is 31.5 Å². The predicted molar refractivity (Wildman–Crippen MR) is 109 cm³/mol. The molecular weight excluding hydrogens is 464 g/mol. The maximum atomic E-state index is 10.0. The summed E-state index contributed by atoms with van der Waals surface area (Å²) < 4.78 is 1.39. The number of rotatable bonds is 3. The molecule has 0 saturated carbocycles. The van der Waals surface area contributed by atoms with Gasteiger partial charge in [-0.05, 0) is 40.5 Å². The smallest absolute Gasteiger partial charge is 0.265 e. The summed E-state index contributed by atoms with van der Waals surface area (Å²) in [6, 6.07) is 9.48. The summed E-state index contributed by atoms with van der Waals surface area (Å²) in [5, 5.41) is 23.4. The van der Waals surface area contributed by atoms with Crippen molar-refractivity contribution in [3.05, 3.63) is 50.4 Å². The Kier molecular flexibility index (Phi) is 4.33. The molecule has 130 valence electrons. The standard InChI is InChI=1S/C17H12Br2N6O/c1-8-3-2-4-11-13(8)21-16-14(11)23-25-17(22-16)24-20-7-9-5-10(18)6-12(19)15(9)26/h2-7,26H,1H3,(H2,21,22,24,25). The van der Waals surface area contributed by atoms with Crippen LogP contribution in [0.2, 0.25) is 0 Å². The Morgan fingerprint density at radius 2 is 2.08 bits per heavy atom. The molecule has 2 heterocycles. The van der Waals surface area contributed by atoms with Crippen LogP contribution in [0.5, 0.6) is 5.75 Å². The van der Waals surface area contributed by atoms with E-state index in [0.717, 1.165) is 20.9 Å². The number of aromatic nitrogens is 4. The summed E-state index contributed by atoms with van der Waals surface area (Å²) >= 11 is 6.65. The highest BCUT2D eigenvalue weighted by Crippen LogP contribution is 2.30. The van der Waals surface area contributed by atoms with E-state index in [4.69, 9.17) is 0 Å². The Bertz CT molecular complexity index is 1170. The molecule has 4 rings (SSSR count). The molecular formula is C17H12Br2N6O. The molecule has 0 unspecified atom stereocenters. The predicted octanol–water partition coefficient (Wildman–Crippen LogP) is 4.49. The van der Waals surface area contributed by atoms with Gasteiger partial charge < -0.3 is 10.1 Å². The second-order valence-electron chi connectivity index (χ2n) is 5.65. The zero-order valence-corrected chi connectivity index (χ0v) is 16.6. The number of hydrazone groups is 1. The van der Waals surface area contributed by atoms with Gasteiger partial charge in [-0.1, -0.05) is 34.1 Å². The summed E-state index contributed by atoms with van der Waals surface area (Å²) in [5.41, 5.74) is 6.73. The van der Waals surface area contributed by atoms with Crippen molar-refractivity contribution in [3.8, 4) is 5.75 Å². The lowest BCUT2D eigenvalue weighted by atomic mass is 10.1. The van der Waals surface area contributed by atoms with Gasteiger partial charge in [-0.3, -0.25) is 0 Å². The summed E-state index contributed by atoms with van der Waals surface area (Å²) in [4.78, 5) is 7.67. The number of benzene rings is 2. The number of anilines is 1. The molecule has 0 bridgehead atoms. The fourth-order valence-corrected chi connectivity index (χ4v) is 3.89. The number of aromatic hydroxyl groups is 1. The van der Waals surface area contributed by atoms with Crippen molar-refractivity contribution in [1.82, 2.24) is 20.2 Å². The lowest BCUT2D eigenvalue weighted by molar-refractivity contribution is 0.471. The Morgan fingerprint density at radius 1 is 1.23 bits per heavy atom. The van der Waals surface area contributed by atoms with Gasteiger partial charge >= 0.3 is 0 Å². The largest absolute Gasteiger partial charge is 0.506 e. The molecule has 0 spiro atoms. The molecule has 0 fully saturated rings. The first-order valence-corrected chi connectivity index (χ1v) is 9.20. The van der Waals surface area contributed by atoms with Gasteiger partial charge in [0.25, 0.3) is 5.95 Å². The molecule has 0 atom stereocenters. The molecule has 0 aliphatic heterocycles. The maximum absolute atomic E-state index is 10.0. The van der Waals surface area contributed by atoms with Crippen LogP contribution >= 0.6 is 31.9 Å². The maximum Gasteiger partial charge on any atom is 0.265 e. The highest BCUT2D eigenvalue weighted by molar-refractivity contribution is 9.11. The molecule has 9 heteroatoms. The third-order valence-corrected chi connectivity index (χ3v) is 4.95. The Hall–Kier alpha value is -2.52. The number of aromatic amines is 1. The normalized spacial score (nSPS) is 11.7. The third kappa shape index (κ3) is 3.04. The molecule has 0 saturated heterocycles. The number of nitrogens with one attached hydrogen (secondary N) is 2. The molecule has 2 aromatic heterocycles. The zero-order valence-electron chi connectivity index (χ0n) is 13.5. The Balaban J connectivity index is 1.64. The van der Waals surface area contributed by atoms with Crippen LogP contribution < -0.4 is 5.43 Å². The number of nitrogens with zero attached hydrogens (tertiary/aromatic N) is 4. The molecule has 0 amide bonds. The minimum absolute atomic E-state index is 0.0966. The van der Waals surface area contributed by atoms with Gasteiger partial charge in [0, 0.05) is 15.4 Å². The number of fused-ring (bicyclic) bond motifs is 3. The number of hydrogen-bond donors (Lipinski definition) is 3. The van der Waals surface area contributed by atoms with Crippen molar-refractivity contribution in [2.24, 2.45) is 5.10 Å². The average Bonchev–Trinajstić information content (AvgIpc) is 2.98. The van der Waals surface area contributed by atoms with Gasteiger partial charge in [-0.15, -0.1) is 10.2 Å². The van der Waals surface area contributed by atoms with E-state index in [1.54, 1.807) is 12.1 Å². The molecule has 2 aromatic carbocycles. The van der Waals surface area contributed by atoms with Crippen molar-refractivity contribution in [3.63, 3.8) is 0 Å². The van der Waals surface area contributed by atoms with Crippen LogP contribution in [0.25, 0.3) is 22.1 Å². The van der Waals surface area contributed by atoms with Gasteiger partial charge in [-0.2, -0.15) is 10.1 Å². The van der Waals surface area contributed by atoms with E-state index in [1.165, 1.54) is 6.21 Å². The van der Waals surface area contributed by atoms with E-state index in [0.29, 0.717) is 21.2 Å². The van der Waals surface area contributed by atoms with Crippen molar-refractivity contribution in [2.75, 3.05) is 5.43 Å². The topological polar surface area (TPSA) is 99.1 Å². The first-order valence-electron chi connectivity index (χ1n) is 7.62. The fourth-order valence-electron chi connectivity index (χ4n) is 2.64. The van der Waals surface area contributed by atoms with Crippen molar-refractivity contribution in [1.29, 1.82) is 0 Å². The molecule has 3 N–H and O–H groups in total.